The molecular formula is C16H22N4O3. The van der Waals surface area contributed by atoms with Gasteiger partial charge in [0.25, 0.3) is 0 Å². The first kappa shape index (κ1) is 15.8. The number of nitrogens with two attached hydrogens (primary N) is 1. The maximum Gasteiger partial charge on any atom is 0.171 e. The second-order valence-electron chi connectivity index (χ2n) is 5.40. The van der Waals surface area contributed by atoms with Crippen LogP contribution >= 0.6 is 0 Å². The molecule has 3 N–H and O–H groups in total. The number of benzene rings is 1. The average Bonchev–Trinajstić information content (AvgIpc) is 3.25. The molecule has 0 saturated carbocycles. The maximum atomic E-state index is 6.30. The molecule has 1 saturated heterocycles. The number of nitrogens with zero attached hydrogens (tertiary/aromatic N) is 2. The molecule has 23 heavy (non-hydrogen) atoms. The van der Waals surface area contributed by atoms with Gasteiger partial charge in [0.15, 0.2) is 23.1 Å². The molecule has 2 atom stereocenters. The summed E-state index contributed by atoms with van der Waals surface area (Å²) in [4.78, 5) is 4.50. The van der Waals surface area contributed by atoms with E-state index in [1.807, 2.05) is 25.1 Å². The van der Waals surface area contributed by atoms with Crippen molar-refractivity contribution in [3.8, 4) is 11.5 Å². The van der Waals surface area contributed by atoms with Gasteiger partial charge in [0.2, 0.25) is 0 Å². The number of nitrogens with one attached hydrogen (secondary N) is 1. The highest BCUT2D eigenvalue weighted by Gasteiger charge is 2.23. The van der Waals surface area contributed by atoms with Crippen LogP contribution in [0.1, 0.15) is 49.1 Å². The summed E-state index contributed by atoms with van der Waals surface area (Å²) in [5, 5.41) is 7.18. The van der Waals surface area contributed by atoms with E-state index in [0.29, 0.717) is 23.9 Å². The maximum absolute atomic E-state index is 6.30. The summed E-state index contributed by atoms with van der Waals surface area (Å²) in [5.74, 6) is 2.63. The fourth-order valence-electron chi connectivity index (χ4n) is 2.67. The first-order valence-electron chi connectivity index (χ1n) is 7.83. The van der Waals surface area contributed by atoms with Crippen LogP contribution in [0.5, 0.6) is 11.5 Å². The predicted molar refractivity (Wildman–Crippen MR) is 84.5 cm³/mol. The predicted octanol–water partition coefficient (Wildman–Crippen LogP) is 2.11. The third-order valence-corrected chi connectivity index (χ3v) is 3.88. The number of aromatic nitrogens is 3. The molecule has 124 valence electrons. The Morgan fingerprint density at radius 2 is 2.30 bits per heavy atom. The third-order valence-electron chi connectivity index (χ3n) is 3.88. The molecule has 0 amide bonds. The molecule has 0 radical (unpaired) electrons. The van der Waals surface area contributed by atoms with Crippen molar-refractivity contribution in [3.05, 3.63) is 35.4 Å². The van der Waals surface area contributed by atoms with Gasteiger partial charge in [0, 0.05) is 6.61 Å². The highest BCUT2D eigenvalue weighted by molar-refractivity contribution is 5.44. The lowest BCUT2D eigenvalue weighted by molar-refractivity contribution is 0.105. The van der Waals surface area contributed by atoms with E-state index in [2.05, 4.69) is 15.2 Å². The first-order valence-corrected chi connectivity index (χ1v) is 7.83. The van der Waals surface area contributed by atoms with Crippen LogP contribution in [0.25, 0.3) is 0 Å². The minimum Gasteiger partial charge on any atom is -0.493 e. The molecule has 7 heteroatoms. The fraction of sp³-hybridized carbons (Fsp3) is 0.500. The molecule has 1 aliphatic heterocycles. The highest BCUT2D eigenvalue weighted by Crippen LogP contribution is 2.32. The van der Waals surface area contributed by atoms with Crippen molar-refractivity contribution in [1.82, 2.24) is 15.2 Å². The average molecular weight is 318 g/mol. The van der Waals surface area contributed by atoms with Gasteiger partial charge in [-0.1, -0.05) is 6.07 Å². The van der Waals surface area contributed by atoms with Gasteiger partial charge in [-0.15, -0.1) is 0 Å². The Kier molecular flexibility index (Phi) is 4.78. The van der Waals surface area contributed by atoms with Crippen LogP contribution < -0.4 is 15.2 Å². The quantitative estimate of drug-likeness (QED) is 0.847. The Balaban J connectivity index is 1.82. The van der Waals surface area contributed by atoms with Crippen LogP contribution in [0.15, 0.2) is 18.2 Å². The normalized spacial score (nSPS) is 18.8. The molecule has 1 aliphatic rings. The van der Waals surface area contributed by atoms with Crippen LogP contribution in [0.2, 0.25) is 0 Å². The van der Waals surface area contributed by atoms with Crippen molar-refractivity contribution in [2.45, 2.75) is 31.9 Å². The summed E-state index contributed by atoms with van der Waals surface area (Å²) in [6.45, 7) is 3.25. The van der Waals surface area contributed by atoms with E-state index in [4.69, 9.17) is 19.9 Å². The Bertz CT molecular complexity index is 653. The van der Waals surface area contributed by atoms with Crippen molar-refractivity contribution in [2.24, 2.45) is 5.73 Å². The zero-order valence-electron chi connectivity index (χ0n) is 13.4. The van der Waals surface area contributed by atoms with Crippen LogP contribution in [-0.4, -0.2) is 35.5 Å². The molecule has 1 aromatic heterocycles. The van der Waals surface area contributed by atoms with Gasteiger partial charge in [-0.3, -0.25) is 5.10 Å². The lowest BCUT2D eigenvalue weighted by Crippen LogP contribution is -2.14. The van der Waals surface area contributed by atoms with Crippen molar-refractivity contribution in [3.63, 3.8) is 0 Å². The van der Waals surface area contributed by atoms with Gasteiger partial charge >= 0.3 is 0 Å². The lowest BCUT2D eigenvalue weighted by Gasteiger charge is -2.13. The van der Waals surface area contributed by atoms with E-state index in [1.165, 1.54) is 0 Å². The molecule has 7 nitrogen and oxygen atoms in total. The SMILES string of the molecule is CCOc1cc([C@@H](N)c2n[nH]c([C@@H]3CCCO3)n2)ccc1OC. The van der Waals surface area contributed by atoms with Gasteiger partial charge in [-0.25, -0.2) is 4.98 Å². The largest absolute Gasteiger partial charge is 0.493 e. The minimum absolute atomic E-state index is 0.00157. The highest BCUT2D eigenvalue weighted by atomic mass is 16.5. The fourth-order valence-corrected chi connectivity index (χ4v) is 2.67. The Morgan fingerprint density at radius 3 is 3.00 bits per heavy atom. The number of H-pyrrole nitrogens is 1. The summed E-state index contributed by atoms with van der Waals surface area (Å²) in [6.07, 6.45) is 2.00. The topological polar surface area (TPSA) is 95.3 Å². The van der Waals surface area contributed by atoms with Crippen molar-refractivity contribution >= 4 is 0 Å². The van der Waals surface area contributed by atoms with Crippen LogP contribution in [0.4, 0.5) is 0 Å². The Labute approximate surface area is 135 Å². The van der Waals surface area contributed by atoms with E-state index in [9.17, 15) is 0 Å². The molecule has 2 aromatic rings. The van der Waals surface area contributed by atoms with E-state index < -0.39 is 6.04 Å². The summed E-state index contributed by atoms with van der Waals surface area (Å²) in [5.41, 5.74) is 7.17. The van der Waals surface area contributed by atoms with Crippen LogP contribution in [0, 0.1) is 0 Å². The van der Waals surface area contributed by atoms with Crippen molar-refractivity contribution in [2.75, 3.05) is 20.3 Å². The third kappa shape index (κ3) is 3.30. The summed E-state index contributed by atoms with van der Waals surface area (Å²) >= 11 is 0. The van der Waals surface area contributed by atoms with Gasteiger partial charge in [-0.2, -0.15) is 5.10 Å². The van der Waals surface area contributed by atoms with E-state index in [1.54, 1.807) is 7.11 Å². The number of methoxy groups -OCH3 is 1. The van der Waals surface area contributed by atoms with Gasteiger partial charge in [-0.05, 0) is 37.5 Å². The molecule has 3 rings (SSSR count). The molecule has 0 aliphatic carbocycles. The molecule has 0 unspecified atom stereocenters. The minimum atomic E-state index is -0.438. The zero-order valence-corrected chi connectivity index (χ0v) is 13.4. The van der Waals surface area contributed by atoms with Crippen molar-refractivity contribution in [1.29, 1.82) is 0 Å². The van der Waals surface area contributed by atoms with Crippen LogP contribution in [-0.2, 0) is 4.74 Å². The monoisotopic (exact) mass is 318 g/mol. The molecule has 0 spiro atoms. The van der Waals surface area contributed by atoms with E-state index >= 15 is 0 Å². The summed E-state index contributed by atoms with van der Waals surface area (Å²) in [6, 6.07) is 5.17. The van der Waals surface area contributed by atoms with Gasteiger partial charge < -0.3 is 19.9 Å². The number of hydrogen-bond acceptors (Lipinski definition) is 6. The smallest absolute Gasteiger partial charge is 0.171 e. The first-order chi connectivity index (χ1) is 11.2. The Hall–Kier alpha value is -2.12. The van der Waals surface area contributed by atoms with Gasteiger partial charge in [0.1, 0.15) is 6.10 Å². The standard InChI is InChI=1S/C16H22N4O3/c1-3-22-13-9-10(6-7-11(13)21-2)14(17)16-18-15(19-20-16)12-5-4-8-23-12/h6-7,9,12,14H,3-5,8,17H2,1-2H3,(H,18,19,20)/t12-,14+/m0/s1. The van der Waals surface area contributed by atoms with E-state index in [0.717, 1.165) is 30.8 Å². The second-order valence-corrected chi connectivity index (χ2v) is 5.40. The molecule has 1 fully saturated rings. The molecular weight excluding hydrogens is 296 g/mol. The number of aromatic amines is 1. The zero-order chi connectivity index (χ0) is 16.2. The molecule has 1 aromatic carbocycles. The van der Waals surface area contributed by atoms with Crippen molar-refractivity contribution < 1.29 is 14.2 Å². The molecule has 0 bridgehead atoms. The number of ether oxygens (including phenoxy) is 3. The molecule has 2 heterocycles. The summed E-state index contributed by atoms with van der Waals surface area (Å²) < 4.78 is 16.5. The van der Waals surface area contributed by atoms with Crippen LogP contribution in [0.3, 0.4) is 0 Å². The second kappa shape index (κ2) is 6.97. The van der Waals surface area contributed by atoms with E-state index in [-0.39, 0.29) is 6.10 Å². The summed E-state index contributed by atoms with van der Waals surface area (Å²) in [7, 11) is 1.61. The number of rotatable bonds is 6. The lowest BCUT2D eigenvalue weighted by atomic mass is 10.1. The Morgan fingerprint density at radius 1 is 1.43 bits per heavy atom. The number of hydrogen-bond donors (Lipinski definition) is 2. The van der Waals surface area contributed by atoms with Gasteiger partial charge in [0.05, 0.1) is 19.8 Å².